The van der Waals surface area contributed by atoms with Gasteiger partial charge >= 0.3 is 12.2 Å². The molecule has 0 spiro atoms. The van der Waals surface area contributed by atoms with Gasteiger partial charge in [0.15, 0.2) is 0 Å². The topological polar surface area (TPSA) is 84.0 Å². The fourth-order valence-corrected chi connectivity index (χ4v) is 4.37. The Bertz CT molecular complexity index is 1040. The predicted octanol–water partition coefficient (Wildman–Crippen LogP) is 3.86. The second-order valence-corrected chi connectivity index (χ2v) is 8.57. The zero-order valence-corrected chi connectivity index (χ0v) is 19.3. The van der Waals surface area contributed by atoms with Crippen LogP contribution in [-0.4, -0.2) is 60.7 Å². The number of methoxy groups -OCH3 is 1. The van der Waals surface area contributed by atoms with E-state index in [2.05, 4.69) is 10.3 Å². The summed E-state index contributed by atoms with van der Waals surface area (Å²) in [5.74, 6) is 0.518. The molecule has 35 heavy (non-hydrogen) atoms. The number of carbonyl (C=O) groups excluding carboxylic acids is 2. The minimum absolute atomic E-state index is 0.0314. The summed E-state index contributed by atoms with van der Waals surface area (Å²) < 4.78 is 49.0. The lowest BCUT2D eigenvalue weighted by Gasteiger charge is -2.29. The molecule has 188 valence electrons. The van der Waals surface area contributed by atoms with E-state index in [4.69, 9.17) is 9.47 Å². The van der Waals surface area contributed by atoms with Crippen molar-refractivity contribution in [1.29, 1.82) is 0 Å². The maximum Gasteiger partial charge on any atom is 0.417 e. The highest BCUT2D eigenvalue weighted by atomic mass is 19.4. The van der Waals surface area contributed by atoms with E-state index in [1.165, 1.54) is 11.0 Å². The molecule has 4 rings (SSSR count). The predicted molar refractivity (Wildman–Crippen MR) is 121 cm³/mol. The Morgan fingerprint density at radius 1 is 1.11 bits per heavy atom. The van der Waals surface area contributed by atoms with Crippen LogP contribution in [0.3, 0.4) is 0 Å². The second kappa shape index (κ2) is 10.4. The van der Waals surface area contributed by atoms with E-state index < -0.39 is 11.7 Å². The molecule has 1 saturated carbocycles. The summed E-state index contributed by atoms with van der Waals surface area (Å²) in [5.41, 5.74) is -0.150. The number of ether oxygens (including phenoxy) is 2. The molecule has 11 heteroatoms. The lowest BCUT2D eigenvalue weighted by Crippen LogP contribution is -2.45. The Morgan fingerprint density at radius 2 is 1.86 bits per heavy atom. The molecule has 1 saturated heterocycles. The molecule has 1 aromatic carbocycles. The molecule has 8 nitrogen and oxygen atoms in total. The van der Waals surface area contributed by atoms with Crippen molar-refractivity contribution in [2.45, 2.75) is 44.0 Å². The lowest BCUT2D eigenvalue weighted by molar-refractivity contribution is -0.137. The first-order chi connectivity index (χ1) is 16.7. The number of hydrogen-bond donors (Lipinski definition) is 1. The molecular weight excluding hydrogens is 465 g/mol. The van der Waals surface area contributed by atoms with Crippen LogP contribution < -0.4 is 19.7 Å². The van der Waals surface area contributed by atoms with Crippen molar-refractivity contribution in [3.63, 3.8) is 0 Å². The molecule has 2 heterocycles. The molecule has 0 radical (unpaired) electrons. The summed E-state index contributed by atoms with van der Waals surface area (Å²) in [6.07, 6.45) is -1.25. The fraction of sp³-hybridized carbons (Fsp3) is 0.458. The number of urea groups is 1. The Morgan fingerprint density at radius 3 is 2.51 bits per heavy atom. The molecule has 0 atom stereocenters. The number of amides is 3. The number of nitrogens with zero attached hydrogens (tertiary/aromatic N) is 3. The monoisotopic (exact) mass is 492 g/mol. The molecule has 2 aliphatic rings. The summed E-state index contributed by atoms with van der Waals surface area (Å²) in [6.45, 7) is 0.869. The van der Waals surface area contributed by atoms with Crippen LogP contribution in [0.25, 0.3) is 0 Å². The van der Waals surface area contributed by atoms with Gasteiger partial charge in [0.1, 0.15) is 18.4 Å². The zero-order chi connectivity index (χ0) is 25.0. The van der Waals surface area contributed by atoms with E-state index >= 15 is 0 Å². The van der Waals surface area contributed by atoms with Crippen LogP contribution in [-0.2, 0) is 11.0 Å². The van der Waals surface area contributed by atoms with Crippen LogP contribution in [0.2, 0.25) is 0 Å². The molecule has 1 aromatic heterocycles. The first-order valence-corrected chi connectivity index (χ1v) is 11.4. The number of pyridine rings is 1. The smallest absolute Gasteiger partial charge is 0.417 e. The molecular formula is C24H27F3N4O4. The van der Waals surface area contributed by atoms with Gasteiger partial charge in [0.25, 0.3) is 0 Å². The van der Waals surface area contributed by atoms with Crippen LogP contribution in [0.15, 0.2) is 42.6 Å². The van der Waals surface area contributed by atoms with Crippen molar-refractivity contribution < 1.29 is 32.2 Å². The number of anilines is 1. The van der Waals surface area contributed by atoms with E-state index in [9.17, 15) is 22.8 Å². The van der Waals surface area contributed by atoms with Crippen molar-refractivity contribution in [2.24, 2.45) is 0 Å². The highest BCUT2D eigenvalue weighted by Crippen LogP contribution is 2.31. The highest BCUT2D eigenvalue weighted by Gasteiger charge is 2.33. The van der Waals surface area contributed by atoms with Crippen LogP contribution in [0.1, 0.15) is 31.2 Å². The van der Waals surface area contributed by atoms with Gasteiger partial charge in [-0.3, -0.25) is 9.69 Å². The molecule has 2 aromatic rings. The molecule has 1 aliphatic carbocycles. The largest absolute Gasteiger partial charge is 0.495 e. The molecule has 3 amide bonds. The maximum absolute atomic E-state index is 12.8. The van der Waals surface area contributed by atoms with Gasteiger partial charge in [0.05, 0.1) is 18.4 Å². The van der Waals surface area contributed by atoms with Gasteiger partial charge in [0, 0.05) is 31.4 Å². The Hall–Kier alpha value is -3.50. The van der Waals surface area contributed by atoms with Crippen molar-refractivity contribution in [3.05, 3.63) is 48.2 Å². The minimum Gasteiger partial charge on any atom is -0.495 e. The second-order valence-electron chi connectivity index (χ2n) is 8.57. The number of nitrogens with one attached hydrogen (secondary N) is 1. The number of alkyl halides is 3. The van der Waals surface area contributed by atoms with Crippen LogP contribution in [0.4, 0.5) is 23.7 Å². The standard InChI is InChI=1S/C24H27F3N4O4/c1-34-20-5-3-2-4-19(20)31-13-12-30(23(31)33)15-21(32)29-17-7-9-18(10-8-17)35-22-11-6-16(14-28-22)24(25,26)27/h2-6,11,14,17-18H,7-10,12-13,15H2,1H3,(H,29,32). The van der Waals surface area contributed by atoms with Crippen LogP contribution in [0.5, 0.6) is 11.6 Å². The lowest BCUT2D eigenvalue weighted by atomic mass is 9.93. The number of para-hydroxylation sites is 2. The molecule has 0 unspecified atom stereocenters. The van der Waals surface area contributed by atoms with Crippen molar-refractivity contribution in [2.75, 3.05) is 31.6 Å². The number of carbonyl (C=O) groups is 2. The number of benzene rings is 1. The van der Waals surface area contributed by atoms with Crippen LogP contribution in [0, 0.1) is 0 Å². The fourth-order valence-electron chi connectivity index (χ4n) is 4.37. The van der Waals surface area contributed by atoms with Crippen molar-refractivity contribution >= 4 is 17.6 Å². The summed E-state index contributed by atoms with van der Waals surface area (Å²) in [7, 11) is 1.55. The zero-order valence-electron chi connectivity index (χ0n) is 19.3. The highest BCUT2D eigenvalue weighted by molar-refractivity contribution is 5.97. The SMILES string of the molecule is COc1ccccc1N1CCN(CC(=O)NC2CCC(Oc3ccc(C(F)(F)F)cn3)CC2)C1=O. The summed E-state index contributed by atoms with van der Waals surface area (Å²) in [4.78, 5) is 32.3. The van der Waals surface area contributed by atoms with E-state index in [0.29, 0.717) is 50.2 Å². The number of halogens is 3. The number of aromatic nitrogens is 1. The summed E-state index contributed by atoms with van der Waals surface area (Å²) in [5, 5.41) is 2.98. The molecule has 0 bridgehead atoms. The van der Waals surface area contributed by atoms with Gasteiger partial charge < -0.3 is 19.7 Å². The third-order valence-electron chi connectivity index (χ3n) is 6.20. The Balaban J connectivity index is 1.22. The summed E-state index contributed by atoms with van der Waals surface area (Å²) >= 11 is 0. The molecule has 2 fully saturated rings. The number of rotatable bonds is 7. The third-order valence-corrected chi connectivity index (χ3v) is 6.20. The Labute approximate surface area is 201 Å². The summed E-state index contributed by atoms with van der Waals surface area (Å²) in [6, 6.07) is 9.12. The maximum atomic E-state index is 12.8. The van der Waals surface area contributed by atoms with Crippen LogP contribution >= 0.6 is 0 Å². The third kappa shape index (κ3) is 5.95. The van der Waals surface area contributed by atoms with E-state index in [1.54, 1.807) is 24.1 Å². The van der Waals surface area contributed by atoms with Gasteiger partial charge in [-0.25, -0.2) is 9.78 Å². The van der Waals surface area contributed by atoms with Gasteiger partial charge in [0.2, 0.25) is 11.8 Å². The first-order valence-electron chi connectivity index (χ1n) is 11.4. The first kappa shape index (κ1) is 24.6. The van der Waals surface area contributed by atoms with E-state index in [1.807, 2.05) is 12.1 Å². The van der Waals surface area contributed by atoms with Crippen molar-refractivity contribution in [3.8, 4) is 11.6 Å². The minimum atomic E-state index is -4.44. The van der Waals surface area contributed by atoms with E-state index in [-0.39, 0.29) is 36.5 Å². The van der Waals surface area contributed by atoms with Gasteiger partial charge in [-0.15, -0.1) is 0 Å². The molecule has 1 aliphatic heterocycles. The molecule has 1 N–H and O–H groups in total. The van der Waals surface area contributed by atoms with Gasteiger partial charge in [-0.1, -0.05) is 12.1 Å². The average molecular weight is 492 g/mol. The van der Waals surface area contributed by atoms with E-state index in [0.717, 1.165) is 12.3 Å². The average Bonchev–Trinajstić information content (AvgIpc) is 3.19. The normalized spacial score (nSPS) is 20.6. The quantitative estimate of drug-likeness (QED) is 0.635. The van der Waals surface area contributed by atoms with Gasteiger partial charge in [-0.2, -0.15) is 13.2 Å². The Kier molecular flexibility index (Phi) is 7.32. The number of hydrogen-bond acceptors (Lipinski definition) is 5. The van der Waals surface area contributed by atoms with Crippen molar-refractivity contribution in [1.82, 2.24) is 15.2 Å². The van der Waals surface area contributed by atoms with Gasteiger partial charge in [-0.05, 0) is 43.9 Å².